The molecule has 2 rings (SSSR count). The van der Waals surface area contributed by atoms with Gasteiger partial charge >= 0.3 is 11.8 Å². The largest absolute Gasteiger partial charge is 0.328 e. The number of carbonyl (C=O) groups is 2. The van der Waals surface area contributed by atoms with Crippen molar-refractivity contribution < 1.29 is 9.59 Å². The summed E-state index contributed by atoms with van der Waals surface area (Å²) in [6.45, 7) is 6.16. The molecular formula is C19H21BrN2O2. The van der Waals surface area contributed by atoms with Crippen LogP contribution in [0.3, 0.4) is 0 Å². The van der Waals surface area contributed by atoms with Crippen LogP contribution in [0.1, 0.15) is 25.0 Å². The van der Waals surface area contributed by atoms with E-state index >= 15 is 0 Å². The van der Waals surface area contributed by atoms with E-state index in [0.29, 0.717) is 12.2 Å². The number of halogens is 1. The molecule has 4 nitrogen and oxygen atoms in total. The first-order valence-corrected chi connectivity index (χ1v) is 8.60. The molecule has 0 saturated heterocycles. The summed E-state index contributed by atoms with van der Waals surface area (Å²) < 4.78 is 0.753. The van der Waals surface area contributed by atoms with Crippen LogP contribution < -0.4 is 5.32 Å². The van der Waals surface area contributed by atoms with E-state index in [1.54, 1.807) is 11.0 Å². The molecule has 0 aliphatic heterocycles. The quantitative estimate of drug-likeness (QED) is 0.800. The van der Waals surface area contributed by atoms with Gasteiger partial charge in [0.25, 0.3) is 0 Å². The van der Waals surface area contributed by atoms with Crippen molar-refractivity contribution in [1.82, 2.24) is 4.90 Å². The summed E-state index contributed by atoms with van der Waals surface area (Å²) in [4.78, 5) is 26.5. The van der Waals surface area contributed by atoms with Crippen LogP contribution in [0.2, 0.25) is 0 Å². The first-order chi connectivity index (χ1) is 11.4. The molecule has 0 aliphatic rings. The van der Waals surface area contributed by atoms with Crippen LogP contribution in [-0.2, 0) is 16.1 Å². The topological polar surface area (TPSA) is 49.4 Å². The summed E-state index contributed by atoms with van der Waals surface area (Å²) in [5, 5.41) is 2.68. The van der Waals surface area contributed by atoms with Crippen LogP contribution in [0.5, 0.6) is 0 Å². The third kappa shape index (κ3) is 4.68. The maximum absolute atomic E-state index is 12.6. The SMILES string of the molecule is Cc1ccc(NC(=O)C(=O)N(Cc2ccccc2)C(C)C)c(Br)c1. The molecule has 2 aromatic carbocycles. The Morgan fingerprint density at radius 3 is 2.38 bits per heavy atom. The molecule has 0 unspecified atom stereocenters. The lowest BCUT2D eigenvalue weighted by Crippen LogP contribution is -2.43. The van der Waals surface area contributed by atoms with Gasteiger partial charge in [0, 0.05) is 17.1 Å². The zero-order valence-corrected chi connectivity index (χ0v) is 15.6. The van der Waals surface area contributed by atoms with Gasteiger partial charge in [-0.15, -0.1) is 0 Å². The number of anilines is 1. The fourth-order valence-electron chi connectivity index (χ4n) is 2.30. The molecule has 0 saturated carbocycles. The lowest BCUT2D eigenvalue weighted by atomic mass is 10.2. The first-order valence-electron chi connectivity index (χ1n) is 7.80. The van der Waals surface area contributed by atoms with Crippen molar-refractivity contribution >= 4 is 33.4 Å². The van der Waals surface area contributed by atoms with Crippen LogP contribution in [0.4, 0.5) is 5.69 Å². The van der Waals surface area contributed by atoms with Gasteiger partial charge in [-0.05, 0) is 60.0 Å². The second kappa shape index (κ2) is 8.11. The number of nitrogens with one attached hydrogen (secondary N) is 1. The first kappa shape index (κ1) is 18.2. The number of aryl methyl sites for hydroxylation is 1. The monoisotopic (exact) mass is 388 g/mol. The van der Waals surface area contributed by atoms with Gasteiger partial charge in [-0.1, -0.05) is 36.4 Å². The molecule has 0 spiro atoms. The van der Waals surface area contributed by atoms with Crippen LogP contribution in [0.15, 0.2) is 53.0 Å². The summed E-state index contributed by atoms with van der Waals surface area (Å²) in [7, 11) is 0. The van der Waals surface area contributed by atoms with E-state index in [4.69, 9.17) is 0 Å². The van der Waals surface area contributed by atoms with E-state index in [1.165, 1.54) is 0 Å². The Hall–Kier alpha value is -2.14. The molecule has 0 atom stereocenters. The van der Waals surface area contributed by atoms with Crippen molar-refractivity contribution in [2.75, 3.05) is 5.32 Å². The summed E-state index contributed by atoms with van der Waals surface area (Å²) in [6, 6.07) is 15.1. The molecule has 0 heterocycles. The van der Waals surface area contributed by atoms with Crippen LogP contribution in [0, 0.1) is 6.92 Å². The number of benzene rings is 2. The zero-order chi connectivity index (χ0) is 17.7. The molecule has 1 N–H and O–H groups in total. The fraction of sp³-hybridized carbons (Fsp3) is 0.263. The van der Waals surface area contributed by atoms with Gasteiger partial charge < -0.3 is 10.2 Å². The number of amides is 2. The number of hydrogen-bond acceptors (Lipinski definition) is 2. The van der Waals surface area contributed by atoms with E-state index in [9.17, 15) is 9.59 Å². The highest BCUT2D eigenvalue weighted by molar-refractivity contribution is 9.10. The highest BCUT2D eigenvalue weighted by Crippen LogP contribution is 2.23. The second-order valence-electron chi connectivity index (χ2n) is 5.95. The van der Waals surface area contributed by atoms with Gasteiger partial charge in [0.05, 0.1) is 5.69 Å². The third-order valence-electron chi connectivity index (χ3n) is 3.65. The summed E-state index contributed by atoms with van der Waals surface area (Å²) in [5.41, 5.74) is 2.64. The molecule has 0 radical (unpaired) electrons. The van der Waals surface area contributed by atoms with Crippen molar-refractivity contribution in [3.05, 3.63) is 64.1 Å². The van der Waals surface area contributed by atoms with Crippen LogP contribution >= 0.6 is 15.9 Å². The Morgan fingerprint density at radius 1 is 1.12 bits per heavy atom. The van der Waals surface area contributed by atoms with E-state index < -0.39 is 11.8 Å². The number of nitrogens with zero attached hydrogens (tertiary/aromatic N) is 1. The van der Waals surface area contributed by atoms with Gasteiger partial charge in [-0.2, -0.15) is 0 Å². The molecular weight excluding hydrogens is 368 g/mol. The third-order valence-corrected chi connectivity index (χ3v) is 4.30. The molecule has 2 aromatic rings. The molecule has 24 heavy (non-hydrogen) atoms. The van der Waals surface area contributed by atoms with Crippen molar-refractivity contribution in [3.8, 4) is 0 Å². The van der Waals surface area contributed by atoms with E-state index in [2.05, 4.69) is 21.2 Å². The van der Waals surface area contributed by atoms with Crippen LogP contribution in [0.25, 0.3) is 0 Å². The predicted octanol–water partition coefficient (Wildman–Crippen LogP) is 4.13. The standard InChI is InChI=1S/C19H21BrN2O2/c1-13(2)22(12-15-7-5-4-6-8-15)19(24)18(23)21-17-10-9-14(3)11-16(17)20/h4-11,13H,12H2,1-3H3,(H,21,23). The normalized spacial score (nSPS) is 10.5. The fourth-order valence-corrected chi connectivity index (χ4v) is 2.89. The van der Waals surface area contributed by atoms with Crippen molar-refractivity contribution in [2.24, 2.45) is 0 Å². The van der Waals surface area contributed by atoms with Crippen molar-refractivity contribution in [2.45, 2.75) is 33.4 Å². The van der Waals surface area contributed by atoms with Gasteiger partial charge in [-0.3, -0.25) is 9.59 Å². The number of carbonyl (C=O) groups excluding carboxylic acids is 2. The molecule has 5 heteroatoms. The predicted molar refractivity (Wildman–Crippen MR) is 99.6 cm³/mol. The Balaban J connectivity index is 2.12. The van der Waals surface area contributed by atoms with Gasteiger partial charge in [0.15, 0.2) is 0 Å². The highest BCUT2D eigenvalue weighted by atomic mass is 79.9. The Labute approximate surface area is 151 Å². The summed E-state index contributed by atoms with van der Waals surface area (Å²) >= 11 is 3.40. The molecule has 2 amide bonds. The summed E-state index contributed by atoms with van der Waals surface area (Å²) in [6.07, 6.45) is 0. The lowest BCUT2D eigenvalue weighted by Gasteiger charge is -2.26. The van der Waals surface area contributed by atoms with Gasteiger partial charge in [0.1, 0.15) is 0 Å². The molecule has 0 aromatic heterocycles. The van der Waals surface area contributed by atoms with Gasteiger partial charge in [-0.25, -0.2) is 0 Å². The smallest absolute Gasteiger partial charge is 0.313 e. The van der Waals surface area contributed by atoms with Crippen molar-refractivity contribution in [1.29, 1.82) is 0 Å². The van der Waals surface area contributed by atoms with Gasteiger partial charge in [0.2, 0.25) is 0 Å². The number of rotatable bonds is 4. The Kier molecular flexibility index (Phi) is 6.15. The molecule has 0 aliphatic carbocycles. The number of hydrogen-bond donors (Lipinski definition) is 1. The van der Waals surface area contributed by atoms with E-state index in [-0.39, 0.29) is 6.04 Å². The average Bonchev–Trinajstić information content (AvgIpc) is 2.55. The van der Waals surface area contributed by atoms with Crippen molar-refractivity contribution in [3.63, 3.8) is 0 Å². The maximum Gasteiger partial charge on any atom is 0.313 e. The van der Waals surface area contributed by atoms with E-state index in [1.807, 2.05) is 63.2 Å². The van der Waals surface area contributed by atoms with Crippen LogP contribution in [-0.4, -0.2) is 22.8 Å². The highest BCUT2D eigenvalue weighted by Gasteiger charge is 2.24. The minimum absolute atomic E-state index is 0.0788. The molecule has 126 valence electrons. The Bertz CT molecular complexity index is 729. The lowest BCUT2D eigenvalue weighted by molar-refractivity contribution is -0.144. The minimum atomic E-state index is -0.635. The Morgan fingerprint density at radius 2 is 1.79 bits per heavy atom. The molecule has 0 bridgehead atoms. The maximum atomic E-state index is 12.6. The second-order valence-corrected chi connectivity index (χ2v) is 6.80. The van der Waals surface area contributed by atoms with E-state index in [0.717, 1.165) is 15.6 Å². The zero-order valence-electron chi connectivity index (χ0n) is 14.0. The molecule has 0 fully saturated rings. The summed E-state index contributed by atoms with van der Waals surface area (Å²) in [5.74, 6) is -1.18. The minimum Gasteiger partial charge on any atom is -0.328 e. The average molecular weight is 389 g/mol.